The molecule has 0 spiro atoms. The van der Waals surface area contributed by atoms with E-state index >= 15 is 0 Å². The van der Waals surface area contributed by atoms with E-state index in [2.05, 4.69) is 4.74 Å². The third kappa shape index (κ3) is 2.22. The molecular formula is C12H10N2O4. The second-order valence-electron chi connectivity index (χ2n) is 3.58. The van der Waals surface area contributed by atoms with Crippen LogP contribution in [0.5, 0.6) is 0 Å². The number of ether oxygens (including phenoxy) is 1. The molecule has 18 heavy (non-hydrogen) atoms. The predicted octanol–water partition coefficient (Wildman–Crippen LogP) is 2.17. The molecule has 0 amide bonds. The molecule has 1 heterocycles. The van der Waals surface area contributed by atoms with Crippen molar-refractivity contribution >= 4 is 11.7 Å². The van der Waals surface area contributed by atoms with Crippen molar-refractivity contribution in [2.45, 2.75) is 0 Å². The van der Waals surface area contributed by atoms with Crippen LogP contribution in [0, 0.1) is 10.1 Å². The minimum Gasteiger partial charge on any atom is -0.465 e. The van der Waals surface area contributed by atoms with E-state index in [9.17, 15) is 14.9 Å². The van der Waals surface area contributed by atoms with E-state index < -0.39 is 10.9 Å². The Balaban J connectivity index is 2.57. The SMILES string of the molecule is COC(=O)c1cc(-n2cccc2)cc([N+](=O)[O-])c1. The van der Waals surface area contributed by atoms with E-state index in [0.29, 0.717) is 5.69 Å². The highest BCUT2D eigenvalue weighted by atomic mass is 16.6. The van der Waals surface area contributed by atoms with Crippen molar-refractivity contribution < 1.29 is 14.5 Å². The standard InChI is InChI=1S/C12H10N2O4/c1-18-12(15)9-6-10(13-4-2-3-5-13)8-11(7-9)14(16)17/h2-8H,1H3. The maximum absolute atomic E-state index is 11.5. The number of carbonyl (C=O) groups excluding carboxylic acids is 1. The number of hydrogen-bond donors (Lipinski definition) is 0. The summed E-state index contributed by atoms with van der Waals surface area (Å²) in [6.45, 7) is 0. The molecule has 0 N–H and O–H groups in total. The molecule has 1 aromatic carbocycles. The van der Waals surface area contributed by atoms with E-state index in [1.54, 1.807) is 35.2 Å². The van der Waals surface area contributed by atoms with Crippen molar-refractivity contribution in [1.82, 2.24) is 4.57 Å². The van der Waals surface area contributed by atoms with Crippen LogP contribution in [0.1, 0.15) is 10.4 Å². The summed E-state index contributed by atoms with van der Waals surface area (Å²) in [4.78, 5) is 21.7. The minimum atomic E-state index is -0.605. The number of nitro groups is 1. The number of nitro benzene ring substituents is 1. The maximum Gasteiger partial charge on any atom is 0.338 e. The lowest BCUT2D eigenvalue weighted by atomic mass is 10.1. The van der Waals surface area contributed by atoms with Crippen LogP contribution in [-0.4, -0.2) is 22.6 Å². The molecule has 2 rings (SSSR count). The van der Waals surface area contributed by atoms with Gasteiger partial charge < -0.3 is 9.30 Å². The van der Waals surface area contributed by atoms with Gasteiger partial charge in [-0.05, 0) is 18.2 Å². The predicted molar refractivity (Wildman–Crippen MR) is 63.8 cm³/mol. The third-order valence-corrected chi connectivity index (χ3v) is 2.44. The molecular weight excluding hydrogens is 236 g/mol. The first-order chi connectivity index (χ1) is 8.61. The number of aromatic nitrogens is 1. The van der Waals surface area contributed by atoms with Crippen LogP contribution in [-0.2, 0) is 4.74 Å². The summed E-state index contributed by atoms with van der Waals surface area (Å²) >= 11 is 0. The van der Waals surface area contributed by atoms with Gasteiger partial charge >= 0.3 is 5.97 Å². The normalized spacial score (nSPS) is 10.1. The number of rotatable bonds is 3. The average Bonchev–Trinajstić information content (AvgIpc) is 2.91. The molecule has 0 aliphatic rings. The Morgan fingerprint density at radius 2 is 1.94 bits per heavy atom. The summed E-state index contributed by atoms with van der Waals surface area (Å²) in [6.07, 6.45) is 3.47. The number of hydrogen-bond acceptors (Lipinski definition) is 4. The molecule has 0 bridgehead atoms. The highest BCUT2D eigenvalue weighted by Gasteiger charge is 2.15. The van der Waals surface area contributed by atoms with Crippen LogP contribution >= 0.6 is 0 Å². The minimum absolute atomic E-state index is 0.149. The molecule has 6 nitrogen and oxygen atoms in total. The molecule has 0 saturated carbocycles. The quantitative estimate of drug-likeness (QED) is 0.472. The summed E-state index contributed by atoms with van der Waals surface area (Å²) in [6, 6.07) is 7.71. The molecule has 0 radical (unpaired) electrons. The first kappa shape index (κ1) is 11.8. The number of nitrogens with zero attached hydrogens (tertiary/aromatic N) is 2. The topological polar surface area (TPSA) is 74.4 Å². The summed E-state index contributed by atoms with van der Waals surface area (Å²) in [5, 5.41) is 10.8. The van der Waals surface area contributed by atoms with Crippen LogP contribution in [0.25, 0.3) is 5.69 Å². The van der Waals surface area contributed by atoms with E-state index in [1.807, 2.05) is 0 Å². The van der Waals surface area contributed by atoms with E-state index in [0.717, 1.165) is 0 Å². The zero-order valence-corrected chi connectivity index (χ0v) is 9.57. The Morgan fingerprint density at radius 3 is 2.50 bits per heavy atom. The number of esters is 1. The molecule has 92 valence electrons. The first-order valence-electron chi connectivity index (χ1n) is 5.13. The van der Waals surface area contributed by atoms with Gasteiger partial charge in [0.2, 0.25) is 0 Å². The van der Waals surface area contributed by atoms with Crippen LogP contribution in [0.15, 0.2) is 42.7 Å². The molecule has 0 unspecified atom stereocenters. The van der Waals surface area contributed by atoms with Crippen molar-refractivity contribution in [3.05, 3.63) is 58.4 Å². The van der Waals surface area contributed by atoms with E-state index in [1.165, 1.54) is 19.2 Å². The zero-order valence-electron chi connectivity index (χ0n) is 9.57. The van der Waals surface area contributed by atoms with Gasteiger partial charge in [-0.1, -0.05) is 0 Å². The summed E-state index contributed by atoms with van der Waals surface area (Å²) < 4.78 is 6.25. The number of benzene rings is 1. The van der Waals surface area contributed by atoms with Gasteiger partial charge in [-0.2, -0.15) is 0 Å². The zero-order chi connectivity index (χ0) is 13.1. The average molecular weight is 246 g/mol. The fraction of sp³-hybridized carbons (Fsp3) is 0.0833. The second-order valence-corrected chi connectivity index (χ2v) is 3.58. The highest BCUT2D eigenvalue weighted by molar-refractivity contribution is 5.90. The number of methoxy groups -OCH3 is 1. The lowest BCUT2D eigenvalue weighted by Crippen LogP contribution is -2.04. The van der Waals surface area contributed by atoms with Gasteiger partial charge in [0.1, 0.15) is 0 Å². The van der Waals surface area contributed by atoms with Gasteiger partial charge in [0.05, 0.1) is 23.3 Å². The fourth-order valence-corrected chi connectivity index (χ4v) is 1.59. The smallest absolute Gasteiger partial charge is 0.338 e. The molecule has 0 aliphatic carbocycles. The second kappa shape index (κ2) is 4.70. The lowest BCUT2D eigenvalue weighted by Gasteiger charge is -2.05. The monoisotopic (exact) mass is 246 g/mol. The van der Waals surface area contributed by atoms with Crippen LogP contribution < -0.4 is 0 Å². The van der Waals surface area contributed by atoms with Gasteiger partial charge in [0.25, 0.3) is 5.69 Å². The highest BCUT2D eigenvalue weighted by Crippen LogP contribution is 2.21. The number of carbonyl (C=O) groups is 1. The van der Waals surface area contributed by atoms with Crippen molar-refractivity contribution in [2.24, 2.45) is 0 Å². The van der Waals surface area contributed by atoms with Gasteiger partial charge in [0.15, 0.2) is 0 Å². The van der Waals surface area contributed by atoms with Gasteiger partial charge in [0, 0.05) is 24.5 Å². The molecule has 0 atom stereocenters. The lowest BCUT2D eigenvalue weighted by molar-refractivity contribution is -0.384. The molecule has 1 aromatic heterocycles. The maximum atomic E-state index is 11.5. The summed E-state index contributed by atoms with van der Waals surface area (Å²) in [5.41, 5.74) is 0.534. The van der Waals surface area contributed by atoms with E-state index in [4.69, 9.17) is 0 Å². The summed E-state index contributed by atoms with van der Waals surface area (Å²) in [5.74, 6) is -0.605. The van der Waals surface area contributed by atoms with Crippen molar-refractivity contribution in [3.8, 4) is 5.69 Å². The van der Waals surface area contributed by atoms with Gasteiger partial charge in [-0.3, -0.25) is 10.1 Å². The molecule has 0 saturated heterocycles. The van der Waals surface area contributed by atoms with Gasteiger partial charge in [-0.25, -0.2) is 4.79 Å². The Labute approximate surface area is 103 Å². The third-order valence-electron chi connectivity index (χ3n) is 2.44. The van der Waals surface area contributed by atoms with Crippen molar-refractivity contribution in [3.63, 3.8) is 0 Å². The Hall–Kier alpha value is -2.63. The largest absolute Gasteiger partial charge is 0.465 e. The molecule has 2 aromatic rings. The molecule has 6 heteroatoms. The first-order valence-corrected chi connectivity index (χ1v) is 5.13. The summed E-state index contributed by atoms with van der Waals surface area (Å²) in [7, 11) is 1.23. The Bertz CT molecular complexity index is 590. The Morgan fingerprint density at radius 1 is 1.28 bits per heavy atom. The fourth-order valence-electron chi connectivity index (χ4n) is 1.59. The molecule has 0 aliphatic heterocycles. The molecule has 0 fully saturated rings. The van der Waals surface area contributed by atoms with Crippen molar-refractivity contribution in [2.75, 3.05) is 7.11 Å². The number of non-ortho nitro benzene ring substituents is 1. The van der Waals surface area contributed by atoms with Crippen LogP contribution in [0.4, 0.5) is 5.69 Å². The van der Waals surface area contributed by atoms with Crippen LogP contribution in [0.2, 0.25) is 0 Å². The van der Waals surface area contributed by atoms with Crippen molar-refractivity contribution in [1.29, 1.82) is 0 Å². The van der Waals surface area contributed by atoms with Crippen LogP contribution in [0.3, 0.4) is 0 Å². The van der Waals surface area contributed by atoms with Gasteiger partial charge in [-0.15, -0.1) is 0 Å². The van der Waals surface area contributed by atoms with E-state index in [-0.39, 0.29) is 11.3 Å². The Kier molecular flexibility index (Phi) is 3.09.